The van der Waals surface area contributed by atoms with Crippen LogP contribution in [-0.2, 0) is 0 Å². The molecular weight excluding hydrogens is 419 g/mol. The Bertz CT molecular complexity index is 652. The highest BCUT2D eigenvalue weighted by Crippen LogP contribution is 2.54. The summed E-state index contributed by atoms with van der Waals surface area (Å²) in [6.45, 7) is 3.71. The lowest BCUT2D eigenvalue weighted by Gasteiger charge is -2.26. The average Bonchev–Trinajstić information content (AvgIpc) is 2.72. The van der Waals surface area contributed by atoms with Crippen molar-refractivity contribution in [2.75, 3.05) is 12.8 Å². The Morgan fingerprint density at radius 1 is 0.704 bits per heavy atom. The molecule has 0 amide bonds. The van der Waals surface area contributed by atoms with Crippen LogP contribution in [0.5, 0.6) is 0 Å². The summed E-state index contributed by atoms with van der Waals surface area (Å²) >= 11 is 0. The quantitative estimate of drug-likeness (QED) is 0.555. The molecule has 3 aromatic carbocycles. The van der Waals surface area contributed by atoms with E-state index in [0.717, 1.165) is 6.16 Å². The minimum Gasteiger partial charge on any atom is -1.00 e. The Morgan fingerprint density at radius 2 is 0.963 bits per heavy atom. The largest absolute Gasteiger partial charge is 1.00 e. The van der Waals surface area contributed by atoms with Gasteiger partial charge in [0, 0.05) is 0 Å². The molecule has 0 bridgehead atoms. The van der Waals surface area contributed by atoms with E-state index in [1.54, 1.807) is 0 Å². The third-order valence-electron chi connectivity index (χ3n) is 4.33. The monoisotopic (exact) mass is 446 g/mol. The van der Waals surface area contributed by atoms with Gasteiger partial charge >= 0.3 is 0 Å². The summed E-state index contributed by atoms with van der Waals surface area (Å²) in [6, 6.07) is 33.0. The number of aliphatic hydroxyl groups excluding tert-OH is 2. The first kappa shape index (κ1) is 23.5. The van der Waals surface area contributed by atoms with Crippen LogP contribution in [0.3, 0.4) is 0 Å². The van der Waals surface area contributed by atoms with E-state index in [1.807, 2.05) is 0 Å². The summed E-state index contributed by atoms with van der Waals surface area (Å²) in [6.07, 6.45) is 0.584. The molecule has 0 fully saturated rings. The molecule has 0 aliphatic heterocycles. The van der Waals surface area contributed by atoms with Gasteiger partial charge in [-0.15, -0.1) is 0 Å². The number of aliphatic hydroxyl groups is 2. The predicted molar refractivity (Wildman–Crippen MR) is 114 cm³/mol. The molecule has 144 valence electrons. The van der Waals surface area contributed by atoms with Crippen molar-refractivity contribution in [3.05, 3.63) is 91.0 Å². The first-order valence-corrected chi connectivity index (χ1v) is 11.0. The molecule has 1 atom stereocenters. The number of rotatable bonds is 5. The lowest BCUT2D eigenvalue weighted by molar-refractivity contribution is -0.00000740. The average molecular weight is 447 g/mol. The van der Waals surface area contributed by atoms with E-state index in [9.17, 15) is 0 Å². The smallest absolute Gasteiger partial charge is 0.111 e. The zero-order chi connectivity index (χ0) is 18.8. The fourth-order valence-corrected chi connectivity index (χ4v) is 7.08. The molecule has 3 rings (SSSR count). The van der Waals surface area contributed by atoms with Gasteiger partial charge in [0.1, 0.15) is 23.2 Å². The Hall–Kier alpha value is -1.51. The van der Waals surface area contributed by atoms with Gasteiger partial charge in [0.25, 0.3) is 0 Å². The van der Waals surface area contributed by atoms with Crippen molar-refractivity contribution in [1.29, 1.82) is 0 Å². The Labute approximate surface area is 174 Å². The van der Waals surface area contributed by atoms with Gasteiger partial charge in [-0.1, -0.05) is 54.6 Å². The molecule has 2 nitrogen and oxygen atoms in total. The molecule has 0 aliphatic carbocycles. The summed E-state index contributed by atoms with van der Waals surface area (Å²) in [7, 11) is -1.53. The topological polar surface area (TPSA) is 40.5 Å². The van der Waals surface area contributed by atoms with Crippen LogP contribution in [0.25, 0.3) is 0 Å². The maximum absolute atomic E-state index is 8.11. The van der Waals surface area contributed by atoms with E-state index >= 15 is 0 Å². The van der Waals surface area contributed by atoms with Gasteiger partial charge in [0.2, 0.25) is 0 Å². The third-order valence-corrected chi connectivity index (χ3v) is 8.82. The predicted octanol–water partition coefficient (Wildman–Crippen LogP) is 0.364. The van der Waals surface area contributed by atoms with Crippen molar-refractivity contribution >= 4 is 23.2 Å². The second kappa shape index (κ2) is 12.0. The normalized spacial score (nSPS) is 11.6. The van der Waals surface area contributed by atoms with E-state index in [2.05, 4.69) is 97.9 Å². The van der Waals surface area contributed by atoms with Gasteiger partial charge in [-0.05, 0) is 50.2 Å². The van der Waals surface area contributed by atoms with Crippen LogP contribution in [-0.4, -0.2) is 29.1 Å². The minimum atomic E-state index is -1.53. The van der Waals surface area contributed by atoms with E-state index in [1.165, 1.54) is 22.8 Å². The van der Waals surface area contributed by atoms with Crippen LogP contribution in [0.15, 0.2) is 91.0 Å². The molecule has 2 N–H and O–H groups in total. The zero-order valence-corrected chi connectivity index (χ0v) is 18.4. The highest BCUT2D eigenvalue weighted by Gasteiger charge is 2.43. The molecule has 0 saturated heterocycles. The number of halogens is 1. The van der Waals surface area contributed by atoms with Crippen LogP contribution in [0.4, 0.5) is 0 Å². The van der Waals surface area contributed by atoms with Crippen molar-refractivity contribution in [2.24, 2.45) is 0 Å². The van der Waals surface area contributed by atoms with Crippen LogP contribution in [0.2, 0.25) is 0 Å². The van der Waals surface area contributed by atoms with Crippen LogP contribution in [0.1, 0.15) is 13.8 Å². The van der Waals surface area contributed by atoms with Gasteiger partial charge in [-0.2, -0.15) is 0 Å². The second-order valence-corrected chi connectivity index (χ2v) is 9.97. The summed E-state index contributed by atoms with van der Waals surface area (Å²) in [5.41, 5.74) is 0. The second-order valence-electron chi connectivity index (χ2n) is 6.16. The van der Waals surface area contributed by atoms with Crippen molar-refractivity contribution in [1.82, 2.24) is 0 Å². The summed E-state index contributed by atoms with van der Waals surface area (Å²) < 4.78 is 0. The number of hydrogen-bond acceptors (Lipinski definition) is 2. The van der Waals surface area contributed by atoms with Crippen molar-refractivity contribution in [2.45, 2.75) is 20.0 Å². The van der Waals surface area contributed by atoms with E-state index in [-0.39, 0.29) is 23.6 Å². The Morgan fingerprint density at radius 3 is 1.15 bits per heavy atom. The van der Waals surface area contributed by atoms with Gasteiger partial charge < -0.3 is 27.2 Å². The molecule has 27 heavy (non-hydrogen) atoms. The van der Waals surface area contributed by atoms with E-state index in [4.69, 9.17) is 10.2 Å². The Balaban J connectivity index is 0.000000542. The lowest BCUT2D eigenvalue weighted by Crippen LogP contribution is -3.00. The Kier molecular flexibility index (Phi) is 10.5. The SMILES string of the molecule is CC(O)CO.CC[P+](c1ccccc1)(c1ccccc1)c1ccccc1.[Br-]. The number of hydrogen-bond donors (Lipinski definition) is 2. The first-order chi connectivity index (χ1) is 12.6. The van der Waals surface area contributed by atoms with E-state index in [0.29, 0.717) is 0 Å². The van der Waals surface area contributed by atoms with Crippen LogP contribution < -0.4 is 32.9 Å². The summed E-state index contributed by atoms with van der Waals surface area (Å²) in [5.74, 6) is 0. The maximum Gasteiger partial charge on any atom is 0.111 e. The third kappa shape index (κ3) is 5.99. The molecule has 0 radical (unpaired) electrons. The maximum atomic E-state index is 8.11. The highest BCUT2D eigenvalue weighted by atomic mass is 79.9. The molecule has 0 spiro atoms. The van der Waals surface area contributed by atoms with Crippen molar-refractivity contribution in [3.8, 4) is 0 Å². The van der Waals surface area contributed by atoms with Gasteiger partial charge in [0.05, 0.1) is 18.9 Å². The van der Waals surface area contributed by atoms with Gasteiger partial charge in [-0.3, -0.25) is 0 Å². The van der Waals surface area contributed by atoms with E-state index < -0.39 is 13.4 Å². The summed E-state index contributed by atoms with van der Waals surface area (Å²) in [4.78, 5) is 0. The van der Waals surface area contributed by atoms with Gasteiger partial charge in [0.15, 0.2) is 0 Å². The molecule has 0 aliphatic rings. The fourth-order valence-electron chi connectivity index (χ4n) is 3.04. The van der Waals surface area contributed by atoms with Crippen LogP contribution >= 0.6 is 7.26 Å². The fraction of sp³-hybridized carbons (Fsp3) is 0.217. The minimum absolute atomic E-state index is 0. The molecule has 0 saturated carbocycles. The molecule has 4 heteroatoms. The molecule has 0 aromatic heterocycles. The standard InChI is InChI=1S/C20H20P.C3H8O2.BrH/c1-2-21(18-12-6-3-7-13-18,19-14-8-4-9-15-19)20-16-10-5-11-17-20;1-3(5)2-4;/h3-17H,2H2,1H3;3-5H,2H2,1H3;1H/q+1;;/p-1. The first-order valence-electron chi connectivity index (χ1n) is 8.99. The van der Waals surface area contributed by atoms with Crippen molar-refractivity contribution < 1.29 is 27.2 Å². The summed E-state index contributed by atoms with van der Waals surface area (Å²) in [5, 5.41) is 20.4. The van der Waals surface area contributed by atoms with Gasteiger partial charge in [-0.25, -0.2) is 0 Å². The zero-order valence-electron chi connectivity index (χ0n) is 15.9. The highest BCUT2D eigenvalue weighted by molar-refractivity contribution is 7.95. The lowest BCUT2D eigenvalue weighted by atomic mass is 10.4. The molecule has 1 unspecified atom stereocenters. The van der Waals surface area contributed by atoms with Crippen molar-refractivity contribution in [3.63, 3.8) is 0 Å². The molecular formula is C23H28BrO2P. The number of benzene rings is 3. The molecule has 0 heterocycles. The molecule has 3 aromatic rings. The van der Waals surface area contributed by atoms with Crippen LogP contribution in [0, 0.1) is 0 Å².